The van der Waals surface area contributed by atoms with Gasteiger partial charge < -0.3 is 10.6 Å². The summed E-state index contributed by atoms with van der Waals surface area (Å²) in [6, 6.07) is 8.06. The number of rotatable bonds is 4. The summed E-state index contributed by atoms with van der Waals surface area (Å²) in [6.07, 6.45) is 0.792. The summed E-state index contributed by atoms with van der Waals surface area (Å²) < 4.78 is 0. The van der Waals surface area contributed by atoms with Crippen LogP contribution in [0.15, 0.2) is 18.2 Å². The van der Waals surface area contributed by atoms with E-state index in [0.29, 0.717) is 24.2 Å². The Morgan fingerprint density at radius 2 is 1.81 bits per heavy atom. The number of carbonyl (C=O) groups is 2. The molecular formula is C12H15N2O2. The zero-order valence-corrected chi connectivity index (χ0v) is 9.46. The van der Waals surface area contributed by atoms with Crippen molar-refractivity contribution in [3.8, 4) is 0 Å². The second kappa shape index (κ2) is 5.90. The van der Waals surface area contributed by atoms with Gasteiger partial charge >= 0.3 is 0 Å². The molecule has 0 saturated carbocycles. The molecular weight excluding hydrogens is 204 g/mol. The maximum absolute atomic E-state index is 11.3. The topological polar surface area (TPSA) is 58.2 Å². The Morgan fingerprint density at radius 1 is 1.19 bits per heavy atom. The van der Waals surface area contributed by atoms with Gasteiger partial charge in [0.05, 0.1) is 11.4 Å². The highest BCUT2D eigenvalue weighted by Crippen LogP contribution is 2.20. The van der Waals surface area contributed by atoms with E-state index in [1.807, 2.05) is 0 Å². The number of hydrogen-bond donors (Lipinski definition) is 2. The first-order chi connectivity index (χ1) is 7.67. The van der Waals surface area contributed by atoms with Crippen LogP contribution in [0.1, 0.15) is 26.7 Å². The van der Waals surface area contributed by atoms with Crippen molar-refractivity contribution in [3.05, 3.63) is 24.3 Å². The Hall–Kier alpha value is -1.84. The quantitative estimate of drug-likeness (QED) is 0.815. The van der Waals surface area contributed by atoms with Gasteiger partial charge in [-0.15, -0.1) is 0 Å². The van der Waals surface area contributed by atoms with Crippen molar-refractivity contribution >= 4 is 23.2 Å². The van der Waals surface area contributed by atoms with Gasteiger partial charge in [-0.2, -0.15) is 0 Å². The minimum atomic E-state index is -0.102. The largest absolute Gasteiger partial charge is 0.324 e. The van der Waals surface area contributed by atoms with Gasteiger partial charge in [-0.1, -0.05) is 26.0 Å². The van der Waals surface area contributed by atoms with Crippen molar-refractivity contribution in [2.45, 2.75) is 26.7 Å². The molecule has 0 aliphatic carbocycles. The molecule has 2 N–H and O–H groups in total. The van der Waals surface area contributed by atoms with Crippen LogP contribution in [0.4, 0.5) is 11.4 Å². The van der Waals surface area contributed by atoms with E-state index < -0.39 is 0 Å². The van der Waals surface area contributed by atoms with Gasteiger partial charge in [0, 0.05) is 18.9 Å². The first-order valence-electron chi connectivity index (χ1n) is 5.27. The van der Waals surface area contributed by atoms with E-state index in [-0.39, 0.29) is 11.8 Å². The molecule has 0 aliphatic heterocycles. The van der Waals surface area contributed by atoms with Crippen molar-refractivity contribution in [2.75, 3.05) is 10.6 Å². The molecule has 16 heavy (non-hydrogen) atoms. The average Bonchev–Trinajstić information content (AvgIpc) is 2.31. The Morgan fingerprint density at radius 3 is 2.44 bits per heavy atom. The van der Waals surface area contributed by atoms with E-state index in [1.165, 1.54) is 0 Å². The molecule has 0 unspecified atom stereocenters. The highest BCUT2D eigenvalue weighted by atomic mass is 16.2. The summed E-state index contributed by atoms with van der Waals surface area (Å²) in [7, 11) is 0. The van der Waals surface area contributed by atoms with Gasteiger partial charge in [0.1, 0.15) is 0 Å². The summed E-state index contributed by atoms with van der Waals surface area (Å²) in [4.78, 5) is 22.5. The maximum atomic E-state index is 11.3. The highest BCUT2D eigenvalue weighted by molar-refractivity contribution is 5.99. The van der Waals surface area contributed by atoms with Gasteiger partial charge in [-0.3, -0.25) is 9.59 Å². The maximum Gasteiger partial charge on any atom is 0.224 e. The monoisotopic (exact) mass is 219 g/mol. The Kier molecular flexibility index (Phi) is 4.51. The summed E-state index contributed by atoms with van der Waals surface area (Å²) in [5.74, 6) is -0.193. The molecule has 1 radical (unpaired) electrons. The molecule has 4 heteroatoms. The van der Waals surface area contributed by atoms with Crippen LogP contribution in [0.25, 0.3) is 0 Å². The minimum Gasteiger partial charge on any atom is -0.324 e. The van der Waals surface area contributed by atoms with Gasteiger partial charge in [-0.05, 0) is 6.07 Å². The molecule has 0 saturated heterocycles. The standard InChI is InChI=1S/C12H15N2O2/c1-3-11(15)13-9-7-5-6-8-10(9)14-12(16)4-2/h5-7H,3-4H2,1-2H3,(H,13,15)(H,14,16). The molecule has 1 aromatic rings. The summed E-state index contributed by atoms with van der Waals surface area (Å²) in [6.45, 7) is 3.54. The van der Waals surface area contributed by atoms with Gasteiger partial charge in [0.25, 0.3) is 0 Å². The Bertz CT molecular complexity index is 351. The van der Waals surface area contributed by atoms with E-state index in [9.17, 15) is 9.59 Å². The number of benzene rings is 1. The molecule has 0 fully saturated rings. The third-order valence-corrected chi connectivity index (χ3v) is 2.04. The fourth-order valence-electron chi connectivity index (χ4n) is 1.11. The lowest BCUT2D eigenvalue weighted by molar-refractivity contribution is -0.116. The van der Waals surface area contributed by atoms with Crippen LogP contribution in [0, 0.1) is 6.07 Å². The molecule has 85 valence electrons. The summed E-state index contributed by atoms with van der Waals surface area (Å²) >= 11 is 0. The SMILES string of the molecule is CCC(=O)Nc1[c]cccc1NC(=O)CC. The van der Waals surface area contributed by atoms with Crippen molar-refractivity contribution in [1.82, 2.24) is 0 Å². The van der Waals surface area contributed by atoms with Crippen LogP contribution in [0.5, 0.6) is 0 Å². The molecule has 0 bridgehead atoms. The first-order valence-corrected chi connectivity index (χ1v) is 5.27. The van der Waals surface area contributed by atoms with Crippen LogP contribution in [0.3, 0.4) is 0 Å². The van der Waals surface area contributed by atoms with Gasteiger partial charge in [-0.25, -0.2) is 0 Å². The number of carbonyl (C=O) groups excluding carboxylic acids is 2. The first kappa shape index (κ1) is 12.2. The Labute approximate surface area is 95.0 Å². The van der Waals surface area contributed by atoms with E-state index in [0.717, 1.165) is 0 Å². The summed E-state index contributed by atoms with van der Waals surface area (Å²) in [5.41, 5.74) is 1.09. The Balaban J connectivity index is 2.83. The van der Waals surface area contributed by atoms with E-state index >= 15 is 0 Å². The third kappa shape index (κ3) is 3.38. The molecule has 2 amide bonds. The molecule has 0 spiro atoms. The van der Waals surface area contributed by atoms with E-state index in [2.05, 4.69) is 16.7 Å². The van der Waals surface area contributed by atoms with Crippen LogP contribution < -0.4 is 10.6 Å². The molecule has 4 nitrogen and oxygen atoms in total. The van der Waals surface area contributed by atoms with Crippen molar-refractivity contribution in [2.24, 2.45) is 0 Å². The lowest BCUT2D eigenvalue weighted by atomic mass is 10.2. The predicted octanol–water partition coefficient (Wildman–Crippen LogP) is 2.18. The third-order valence-electron chi connectivity index (χ3n) is 2.04. The van der Waals surface area contributed by atoms with E-state index in [1.54, 1.807) is 32.0 Å². The highest BCUT2D eigenvalue weighted by Gasteiger charge is 2.06. The molecule has 1 rings (SSSR count). The van der Waals surface area contributed by atoms with Crippen molar-refractivity contribution in [1.29, 1.82) is 0 Å². The van der Waals surface area contributed by atoms with Crippen LogP contribution >= 0.6 is 0 Å². The fraction of sp³-hybridized carbons (Fsp3) is 0.333. The molecule has 0 aromatic heterocycles. The number of hydrogen-bond acceptors (Lipinski definition) is 2. The molecule has 0 aliphatic rings. The van der Waals surface area contributed by atoms with Crippen LogP contribution in [-0.4, -0.2) is 11.8 Å². The second-order valence-electron chi connectivity index (χ2n) is 3.26. The van der Waals surface area contributed by atoms with Crippen molar-refractivity contribution in [3.63, 3.8) is 0 Å². The number of nitrogens with one attached hydrogen (secondary N) is 2. The van der Waals surface area contributed by atoms with Crippen molar-refractivity contribution < 1.29 is 9.59 Å². The lowest BCUT2D eigenvalue weighted by Crippen LogP contribution is -2.15. The lowest BCUT2D eigenvalue weighted by Gasteiger charge is -2.10. The minimum absolute atomic E-state index is 0.0911. The van der Waals surface area contributed by atoms with Crippen LogP contribution in [0.2, 0.25) is 0 Å². The van der Waals surface area contributed by atoms with Gasteiger partial charge in [0.2, 0.25) is 11.8 Å². The zero-order chi connectivity index (χ0) is 12.0. The predicted molar refractivity (Wildman–Crippen MR) is 63.1 cm³/mol. The van der Waals surface area contributed by atoms with Gasteiger partial charge in [0.15, 0.2) is 0 Å². The zero-order valence-electron chi connectivity index (χ0n) is 9.46. The normalized spacial score (nSPS) is 9.62. The number of anilines is 2. The molecule has 0 heterocycles. The van der Waals surface area contributed by atoms with Crippen LogP contribution in [-0.2, 0) is 9.59 Å². The second-order valence-corrected chi connectivity index (χ2v) is 3.26. The molecule has 1 aromatic carbocycles. The molecule has 0 atom stereocenters. The number of amides is 2. The van der Waals surface area contributed by atoms with E-state index in [4.69, 9.17) is 0 Å². The summed E-state index contributed by atoms with van der Waals surface area (Å²) in [5, 5.41) is 5.39. The number of para-hydroxylation sites is 1. The smallest absolute Gasteiger partial charge is 0.224 e. The average molecular weight is 219 g/mol. The fourth-order valence-corrected chi connectivity index (χ4v) is 1.11.